The average molecular weight is 222 g/mol. The van der Waals surface area contributed by atoms with Crippen molar-refractivity contribution in [2.75, 3.05) is 0 Å². The molecule has 0 unspecified atom stereocenters. The van der Waals surface area contributed by atoms with E-state index in [4.69, 9.17) is 0 Å². The Kier molecular flexibility index (Phi) is 2.73. The third-order valence-electron chi connectivity index (χ3n) is 4.66. The standard InChI is InChI=1S/C14H22O2/c1-5-9-8(2)6-10(15)13-12(9)11(16)7-14(13,3)4/h5,8-10,12-13,15H,1,6-7H2,2-4H3/t8-,9-,10+,12+,13-/m1/s1. The molecule has 1 N–H and O–H groups in total. The second-order valence-electron chi connectivity index (χ2n) is 6.28. The molecule has 0 spiro atoms. The number of aliphatic hydroxyl groups excluding tert-OH is 1. The zero-order valence-corrected chi connectivity index (χ0v) is 10.4. The molecule has 0 heterocycles. The third kappa shape index (κ3) is 1.55. The zero-order chi connectivity index (χ0) is 12.1. The van der Waals surface area contributed by atoms with Crippen LogP contribution in [0, 0.1) is 29.1 Å². The lowest BCUT2D eigenvalue weighted by Crippen LogP contribution is -2.44. The van der Waals surface area contributed by atoms with Gasteiger partial charge in [0, 0.05) is 18.3 Å². The van der Waals surface area contributed by atoms with Gasteiger partial charge in [-0.05, 0) is 23.7 Å². The summed E-state index contributed by atoms with van der Waals surface area (Å²) in [6.45, 7) is 10.2. The summed E-state index contributed by atoms with van der Waals surface area (Å²) in [5.41, 5.74) is -0.0530. The van der Waals surface area contributed by atoms with Gasteiger partial charge in [-0.2, -0.15) is 0 Å². The minimum Gasteiger partial charge on any atom is -0.393 e. The number of allylic oxidation sites excluding steroid dienone is 1. The molecule has 0 amide bonds. The molecule has 2 rings (SSSR count). The minimum absolute atomic E-state index is 0.00579. The fourth-order valence-corrected chi connectivity index (χ4v) is 4.00. The Labute approximate surface area is 97.7 Å². The molecule has 90 valence electrons. The number of rotatable bonds is 1. The number of hydrogen-bond acceptors (Lipinski definition) is 2. The van der Waals surface area contributed by atoms with Crippen LogP contribution in [0.4, 0.5) is 0 Å². The highest BCUT2D eigenvalue weighted by molar-refractivity contribution is 5.85. The van der Waals surface area contributed by atoms with E-state index in [1.165, 1.54) is 0 Å². The van der Waals surface area contributed by atoms with Gasteiger partial charge >= 0.3 is 0 Å². The maximum absolute atomic E-state index is 12.1. The first kappa shape index (κ1) is 11.8. The Morgan fingerprint density at radius 3 is 2.69 bits per heavy atom. The number of Topliss-reactive ketones (excluding diaryl/α,β-unsaturated/α-hetero) is 1. The molecule has 0 bridgehead atoms. The highest BCUT2D eigenvalue weighted by Gasteiger charge is 2.56. The van der Waals surface area contributed by atoms with E-state index in [0.717, 1.165) is 6.42 Å². The summed E-state index contributed by atoms with van der Waals surface area (Å²) in [5, 5.41) is 10.2. The normalized spacial score (nSPS) is 46.5. The van der Waals surface area contributed by atoms with Crippen LogP contribution < -0.4 is 0 Å². The summed E-state index contributed by atoms with van der Waals surface area (Å²) in [6.07, 6.45) is 3.01. The van der Waals surface area contributed by atoms with Crippen LogP contribution in [0.1, 0.15) is 33.6 Å². The molecule has 2 fully saturated rings. The lowest BCUT2D eigenvalue weighted by atomic mass is 9.62. The minimum atomic E-state index is -0.322. The van der Waals surface area contributed by atoms with E-state index in [2.05, 4.69) is 27.4 Å². The fourth-order valence-electron chi connectivity index (χ4n) is 4.00. The fraction of sp³-hybridized carbons (Fsp3) is 0.786. The molecule has 0 aromatic carbocycles. The molecule has 0 aromatic heterocycles. The predicted octanol–water partition coefficient (Wildman–Crippen LogP) is 2.42. The van der Waals surface area contributed by atoms with Crippen LogP contribution in [0.25, 0.3) is 0 Å². The molecular weight excluding hydrogens is 200 g/mol. The number of ketones is 1. The van der Waals surface area contributed by atoms with Crippen molar-refractivity contribution in [3.63, 3.8) is 0 Å². The topological polar surface area (TPSA) is 37.3 Å². The van der Waals surface area contributed by atoms with Crippen LogP contribution in [-0.2, 0) is 4.79 Å². The van der Waals surface area contributed by atoms with E-state index in [9.17, 15) is 9.90 Å². The van der Waals surface area contributed by atoms with Gasteiger partial charge in [0.05, 0.1) is 6.10 Å². The molecule has 0 saturated heterocycles. The van der Waals surface area contributed by atoms with Crippen molar-refractivity contribution >= 4 is 5.78 Å². The maximum atomic E-state index is 12.1. The van der Waals surface area contributed by atoms with Crippen LogP contribution in [0.2, 0.25) is 0 Å². The first-order chi connectivity index (χ1) is 7.38. The van der Waals surface area contributed by atoms with Gasteiger partial charge in [0.2, 0.25) is 0 Å². The molecule has 16 heavy (non-hydrogen) atoms. The second-order valence-corrected chi connectivity index (χ2v) is 6.28. The molecule has 2 saturated carbocycles. The molecule has 2 aliphatic rings. The largest absolute Gasteiger partial charge is 0.393 e. The Hall–Kier alpha value is -0.630. The van der Waals surface area contributed by atoms with Crippen LogP contribution in [-0.4, -0.2) is 17.0 Å². The van der Waals surface area contributed by atoms with E-state index >= 15 is 0 Å². The lowest BCUT2D eigenvalue weighted by Gasteiger charge is -2.43. The van der Waals surface area contributed by atoms with Gasteiger partial charge in [0.1, 0.15) is 5.78 Å². The molecule has 2 nitrogen and oxygen atoms in total. The summed E-state index contributed by atoms with van der Waals surface area (Å²) in [6, 6.07) is 0. The van der Waals surface area contributed by atoms with Crippen LogP contribution in [0.3, 0.4) is 0 Å². The summed E-state index contributed by atoms with van der Waals surface area (Å²) in [5.74, 6) is 1.07. The Morgan fingerprint density at radius 1 is 1.50 bits per heavy atom. The van der Waals surface area contributed by atoms with Crippen molar-refractivity contribution in [1.82, 2.24) is 0 Å². The van der Waals surface area contributed by atoms with Gasteiger partial charge in [-0.25, -0.2) is 0 Å². The smallest absolute Gasteiger partial charge is 0.137 e. The quantitative estimate of drug-likeness (QED) is 0.692. The molecule has 0 aliphatic heterocycles. The van der Waals surface area contributed by atoms with Gasteiger partial charge < -0.3 is 5.11 Å². The molecule has 0 radical (unpaired) electrons. The van der Waals surface area contributed by atoms with Crippen LogP contribution in [0.5, 0.6) is 0 Å². The van der Waals surface area contributed by atoms with E-state index in [-0.39, 0.29) is 29.3 Å². The highest BCUT2D eigenvalue weighted by atomic mass is 16.3. The number of carbonyl (C=O) groups is 1. The van der Waals surface area contributed by atoms with E-state index in [0.29, 0.717) is 18.1 Å². The molecule has 5 atom stereocenters. The SMILES string of the molecule is C=C[C@H]1[C@H]2C(=O)CC(C)(C)[C@@H]2[C@@H](O)C[C@H]1C. The molecule has 0 aromatic rings. The maximum Gasteiger partial charge on any atom is 0.137 e. The van der Waals surface area contributed by atoms with Gasteiger partial charge in [0.25, 0.3) is 0 Å². The number of hydrogen-bond donors (Lipinski definition) is 1. The number of fused-ring (bicyclic) bond motifs is 1. The predicted molar refractivity (Wildman–Crippen MR) is 63.9 cm³/mol. The molecule has 2 aliphatic carbocycles. The first-order valence-electron chi connectivity index (χ1n) is 6.22. The van der Waals surface area contributed by atoms with E-state index < -0.39 is 0 Å². The Balaban J connectivity index is 2.38. The zero-order valence-electron chi connectivity index (χ0n) is 10.4. The van der Waals surface area contributed by atoms with Crippen molar-refractivity contribution < 1.29 is 9.90 Å². The summed E-state index contributed by atoms with van der Waals surface area (Å²) in [4.78, 5) is 12.1. The summed E-state index contributed by atoms with van der Waals surface area (Å²) < 4.78 is 0. The van der Waals surface area contributed by atoms with E-state index in [1.54, 1.807) is 0 Å². The first-order valence-corrected chi connectivity index (χ1v) is 6.22. The van der Waals surface area contributed by atoms with Gasteiger partial charge in [-0.3, -0.25) is 4.79 Å². The number of carbonyl (C=O) groups excluding carboxylic acids is 1. The number of aliphatic hydroxyl groups is 1. The average Bonchev–Trinajstić information content (AvgIpc) is 2.37. The van der Waals surface area contributed by atoms with Gasteiger partial charge in [-0.1, -0.05) is 26.8 Å². The van der Waals surface area contributed by atoms with Crippen molar-refractivity contribution in [2.45, 2.75) is 39.7 Å². The van der Waals surface area contributed by atoms with Crippen LogP contribution in [0.15, 0.2) is 12.7 Å². The monoisotopic (exact) mass is 222 g/mol. The van der Waals surface area contributed by atoms with Gasteiger partial charge in [-0.15, -0.1) is 6.58 Å². The van der Waals surface area contributed by atoms with Gasteiger partial charge in [0.15, 0.2) is 0 Å². The Morgan fingerprint density at radius 2 is 2.12 bits per heavy atom. The van der Waals surface area contributed by atoms with Crippen molar-refractivity contribution in [2.24, 2.45) is 29.1 Å². The molecule has 2 heteroatoms. The molecular formula is C14H22O2. The van der Waals surface area contributed by atoms with E-state index in [1.807, 2.05) is 6.08 Å². The van der Waals surface area contributed by atoms with Crippen LogP contribution >= 0.6 is 0 Å². The highest BCUT2D eigenvalue weighted by Crippen LogP contribution is 2.54. The summed E-state index contributed by atoms with van der Waals surface area (Å²) in [7, 11) is 0. The lowest BCUT2D eigenvalue weighted by molar-refractivity contribution is -0.126. The van der Waals surface area contributed by atoms with Crippen molar-refractivity contribution in [3.05, 3.63) is 12.7 Å². The third-order valence-corrected chi connectivity index (χ3v) is 4.66. The van der Waals surface area contributed by atoms with Crippen molar-refractivity contribution in [1.29, 1.82) is 0 Å². The van der Waals surface area contributed by atoms with Crippen molar-refractivity contribution in [3.8, 4) is 0 Å². The summed E-state index contributed by atoms with van der Waals surface area (Å²) >= 11 is 0. The second kappa shape index (κ2) is 3.69. The Bertz CT molecular complexity index is 319.